The Labute approximate surface area is 130 Å². The van der Waals surface area contributed by atoms with Crippen molar-refractivity contribution < 1.29 is 23.9 Å². The van der Waals surface area contributed by atoms with Gasteiger partial charge in [0.1, 0.15) is 6.04 Å². The molecule has 0 bridgehead atoms. The summed E-state index contributed by atoms with van der Waals surface area (Å²) in [6.07, 6.45) is 0.103. The van der Waals surface area contributed by atoms with Crippen LogP contribution < -0.4 is 0 Å². The minimum Gasteiger partial charge on any atom is -0.392 e. The summed E-state index contributed by atoms with van der Waals surface area (Å²) < 4.78 is 4.57. The summed E-state index contributed by atoms with van der Waals surface area (Å²) in [7, 11) is 0. The van der Waals surface area contributed by atoms with Crippen LogP contribution in [0.5, 0.6) is 0 Å². The lowest BCUT2D eigenvalue weighted by atomic mass is 10.0. The van der Waals surface area contributed by atoms with Crippen molar-refractivity contribution in [2.75, 3.05) is 0 Å². The van der Waals surface area contributed by atoms with Gasteiger partial charge in [0.15, 0.2) is 0 Å². The van der Waals surface area contributed by atoms with Crippen molar-refractivity contribution in [3.05, 3.63) is 47.5 Å². The quantitative estimate of drug-likeness (QED) is 0.455. The van der Waals surface area contributed by atoms with E-state index < -0.39 is 29.8 Å². The molecule has 0 N–H and O–H groups in total. The van der Waals surface area contributed by atoms with Gasteiger partial charge < -0.3 is 4.74 Å². The highest BCUT2D eigenvalue weighted by atomic mass is 16.6. The van der Waals surface area contributed by atoms with Gasteiger partial charge >= 0.3 is 11.9 Å². The maximum Gasteiger partial charge on any atom is 0.337 e. The van der Waals surface area contributed by atoms with Crippen molar-refractivity contribution in [3.63, 3.8) is 0 Å². The number of fused-ring (bicyclic) bond motifs is 3. The van der Waals surface area contributed by atoms with Crippen LogP contribution in [-0.2, 0) is 14.3 Å². The van der Waals surface area contributed by atoms with Crippen molar-refractivity contribution in [2.24, 2.45) is 0 Å². The number of benzene rings is 2. The van der Waals surface area contributed by atoms with Gasteiger partial charge in [-0.1, -0.05) is 30.3 Å². The predicted octanol–water partition coefficient (Wildman–Crippen LogP) is 1.67. The first-order chi connectivity index (χ1) is 11.1. The van der Waals surface area contributed by atoms with E-state index in [4.69, 9.17) is 0 Å². The molecule has 23 heavy (non-hydrogen) atoms. The Morgan fingerprint density at radius 2 is 1.74 bits per heavy atom. The van der Waals surface area contributed by atoms with E-state index in [9.17, 15) is 19.2 Å². The van der Waals surface area contributed by atoms with Gasteiger partial charge in [0.05, 0.1) is 11.1 Å². The lowest BCUT2D eigenvalue weighted by molar-refractivity contribution is -0.167. The van der Waals surface area contributed by atoms with Crippen LogP contribution in [0.25, 0.3) is 10.8 Å². The molecule has 2 aromatic carbocycles. The molecule has 0 radical (unpaired) electrons. The smallest absolute Gasteiger partial charge is 0.337 e. The molecular formula is C17H11NO5. The van der Waals surface area contributed by atoms with Gasteiger partial charge in [0, 0.05) is 6.42 Å². The maximum absolute atomic E-state index is 12.8. The van der Waals surface area contributed by atoms with Gasteiger partial charge in [0.25, 0.3) is 11.8 Å². The number of nitrogens with zero attached hydrogens (tertiary/aromatic N) is 1. The van der Waals surface area contributed by atoms with Gasteiger partial charge in [-0.05, 0) is 23.3 Å². The number of amides is 2. The van der Waals surface area contributed by atoms with E-state index in [1.54, 1.807) is 24.3 Å². The number of ether oxygens (including phenoxy) is 1. The summed E-state index contributed by atoms with van der Waals surface area (Å²) in [6.45, 7) is 0. The zero-order chi connectivity index (χ0) is 16.1. The molecule has 1 fully saturated rings. The molecule has 2 aliphatic heterocycles. The van der Waals surface area contributed by atoms with Crippen molar-refractivity contribution >= 4 is 34.5 Å². The van der Waals surface area contributed by atoms with E-state index in [-0.39, 0.29) is 18.4 Å². The third-order valence-corrected chi connectivity index (χ3v) is 4.23. The molecule has 2 aromatic rings. The van der Waals surface area contributed by atoms with Crippen molar-refractivity contribution in [3.8, 4) is 0 Å². The van der Waals surface area contributed by atoms with Crippen molar-refractivity contribution in [1.29, 1.82) is 0 Å². The van der Waals surface area contributed by atoms with Gasteiger partial charge in [-0.15, -0.1) is 0 Å². The number of hydrogen-bond donors (Lipinski definition) is 0. The predicted molar refractivity (Wildman–Crippen MR) is 78.6 cm³/mol. The second kappa shape index (κ2) is 4.74. The Balaban J connectivity index is 1.82. The van der Waals surface area contributed by atoms with Gasteiger partial charge in [-0.3, -0.25) is 19.3 Å². The largest absolute Gasteiger partial charge is 0.392 e. The van der Waals surface area contributed by atoms with Gasteiger partial charge in [-0.2, -0.15) is 0 Å². The number of rotatable bonds is 1. The molecule has 6 nitrogen and oxygen atoms in total. The molecule has 6 heteroatoms. The van der Waals surface area contributed by atoms with Crippen LogP contribution in [0.15, 0.2) is 36.4 Å². The van der Waals surface area contributed by atoms with Crippen LogP contribution in [0.4, 0.5) is 0 Å². The van der Waals surface area contributed by atoms with E-state index >= 15 is 0 Å². The lowest BCUT2D eigenvalue weighted by Gasteiger charge is -2.26. The first kappa shape index (κ1) is 13.6. The maximum atomic E-state index is 12.8. The van der Waals surface area contributed by atoms with Crippen LogP contribution in [0.2, 0.25) is 0 Å². The minimum absolute atomic E-state index is 0.00452. The Kier molecular flexibility index (Phi) is 2.81. The van der Waals surface area contributed by atoms with E-state index in [2.05, 4.69) is 4.74 Å². The first-order valence-electron chi connectivity index (χ1n) is 7.22. The SMILES string of the molecule is O=C1CCC(N2C(=O)c3ccc4ccccc4c3C2=O)C(=O)O1. The van der Waals surface area contributed by atoms with Crippen LogP contribution in [-0.4, -0.2) is 34.7 Å². The number of hydrogen-bond acceptors (Lipinski definition) is 5. The molecule has 2 amide bonds. The third-order valence-electron chi connectivity index (χ3n) is 4.23. The normalized spacial score (nSPS) is 20.9. The standard InChI is InChI=1S/C17H11NO5/c19-13-8-7-12(17(22)23-13)18-15(20)11-6-5-9-3-1-2-4-10(9)14(11)16(18)21/h1-6,12H,7-8H2. The highest BCUT2D eigenvalue weighted by molar-refractivity contribution is 6.27. The van der Waals surface area contributed by atoms with E-state index in [0.717, 1.165) is 10.3 Å². The third kappa shape index (κ3) is 1.88. The Hall–Kier alpha value is -3.02. The van der Waals surface area contributed by atoms with E-state index in [0.29, 0.717) is 10.9 Å². The highest BCUT2D eigenvalue weighted by Crippen LogP contribution is 2.33. The van der Waals surface area contributed by atoms with Crippen molar-refractivity contribution in [1.82, 2.24) is 4.90 Å². The molecule has 0 aromatic heterocycles. The number of cyclic esters (lactones) is 2. The zero-order valence-electron chi connectivity index (χ0n) is 11.9. The number of esters is 2. The molecule has 0 spiro atoms. The Morgan fingerprint density at radius 3 is 2.52 bits per heavy atom. The molecule has 1 unspecified atom stereocenters. The Morgan fingerprint density at radius 1 is 0.957 bits per heavy atom. The average Bonchev–Trinajstić information content (AvgIpc) is 2.80. The topological polar surface area (TPSA) is 80.8 Å². The number of imide groups is 1. The number of carbonyl (C=O) groups excluding carboxylic acids is 4. The molecule has 1 saturated heterocycles. The van der Waals surface area contributed by atoms with E-state index in [1.807, 2.05) is 12.1 Å². The fourth-order valence-electron chi connectivity index (χ4n) is 3.14. The van der Waals surface area contributed by atoms with Gasteiger partial charge in [-0.25, -0.2) is 4.79 Å². The van der Waals surface area contributed by atoms with Crippen LogP contribution in [0.1, 0.15) is 33.6 Å². The van der Waals surface area contributed by atoms with Crippen LogP contribution in [0.3, 0.4) is 0 Å². The highest BCUT2D eigenvalue weighted by Gasteiger charge is 2.46. The zero-order valence-corrected chi connectivity index (χ0v) is 11.9. The number of carbonyl (C=O) groups is 4. The fraction of sp³-hybridized carbons (Fsp3) is 0.176. The monoisotopic (exact) mass is 309 g/mol. The second-order valence-electron chi connectivity index (χ2n) is 5.54. The summed E-state index contributed by atoms with van der Waals surface area (Å²) in [4.78, 5) is 49.3. The summed E-state index contributed by atoms with van der Waals surface area (Å²) in [6, 6.07) is 9.57. The summed E-state index contributed by atoms with van der Waals surface area (Å²) in [5.74, 6) is -2.52. The molecule has 4 rings (SSSR count). The summed E-state index contributed by atoms with van der Waals surface area (Å²) >= 11 is 0. The molecule has 2 heterocycles. The first-order valence-corrected chi connectivity index (χ1v) is 7.22. The average molecular weight is 309 g/mol. The molecule has 0 saturated carbocycles. The molecule has 2 aliphatic rings. The molecular weight excluding hydrogens is 298 g/mol. The minimum atomic E-state index is -1.04. The second-order valence-corrected chi connectivity index (χ2v) is 5.54. The van der Waals surface area contributed by atoms with Crippen LogP contribution >= 0.6 is 0 Å². The fourth-order valence-corrected chi connectivity index (χ4v) is 3.14. The Bertz CT molecular complexity index is 901. The molecule has 0 aliphatic carbocycles. The van der Waals surface area contributed by atoms with Crippen molar-refractivity contribution in [2.45, 2.75) is 18.9 Å². The van der Waals surface area contributed by atoms with E-state index in [1.165, 1.54) is 0 Å². The summed E-state index contributed by atoms with van der Waals surface area (Å²) in [5.41, 5.74) is 0.580. The lowest BCUT2D eigenvalue weighted by Crippen LogP contribution is -2.48. The van der Waals surface area contributed by atoms with Crippen LogP contribution in [0, 0.1) is 0 Å². The molecule has 1 atom stereocenters. The van der Waals surface area contributed by atoms with Gasteiger partial charge in [0.2, 0.25) is 0 Å². The molecule has 114 valence electrons. The summed E-state index contributed by atoms with van der Waals surface area (Å²) in [5, 5.41) is 1.52.